The fraction of sp³-hybridized carbons (Fsp3) is 0.310. The topological polar surface area (TPSA) is 118 Å². The summed E-state index contributed by atoms with van der Waals surface area (Å²) in [5.41, 5.74) is 4.47. The minimum Gasteiger partial charge on any atom is -0.392 e. The number of aromatic nitrogens is 2. The van der Waals surface area contributed by atoms with Crippen LogP contribution in [0.1, 0.15) is 35.1 Å². The van der Waals surface area contributed by atoms with Crippen LogP contribution in [0.3, 0.4) is 0 Å². The van der Waals surface area contributed by atoms with E-state index in [1.165, 1.54) is 5.19 Å². The van der Waals surface area contributed by atoms with Crippen molar-refractivity contribution in [1.29, 1.82) is 0 Å². The van der Waals surface area contributed by atoms with E-state index in [0.29, 0.717) is 19.6 Å². The fourth-order valence-corrected chi connectivity index (χ4v) is 6.29. The Morgan fingerprint density at radius 3 is 1.57 bits per heavy atom. The van der Waals surface area contributed by atoms with Crippen molar-refractivity contribution in [2.45, 2.75) is 51.6 Å². The van der Waals surface area contributed by atoms with E-state index in [4.69, 9.17) is 28.4 Å². The SMILES string of the molecule is C[Si](C)(C)c1cc(C=Cc2cc[n+](CCCO[SiH](O)O)cc2)cc(C=Cc2cc[n+](CCC[Si](O)(O)O)cc2)c1. The first-order chi connectivity index (χ1) is 18.9. The maximum atomic E-state index is 9.17. The molecule has 0 atom stereocenters. The van der Waals surface area contributed by atoms with Crippen molar-refractivity contribution in [3.05, 3.63) is 89.5 Å². The highest BCUT2D eigenvalue weighted by Crippen LogP contribution is 2.15. The number of rotatable bonds is 14. The number of aryl methyl sites for hydroxylation is 2. The summed E-state index contributed by atoms with van der Waals surface area (Å²) in [6, 6.07) is 15.0. The average molecular weight is 599 g/mol. The second-order valence-corrected chi connectivity index (χ2v) is 19.1. The minimum atomic E-state index is -3.98. The molecule has 0 aliphatic rings. The van der Waals surface area contributed by atoms with Crippen molar-refractivity contribution in [3.8, 4) is 0 Å². The predicted octanol–water partition coefficient (Wildman–Crippen LogP) is 1.56. The van der Waals surface area contributed by atoms with Gasteiger partial charge in [0.15, 0.2) is 31.3 Å². The van der Waals surface area contributed by atoms with E-state index in [0.717, 1.165) is 35.2 Å². The quantitative estimate of drug-likeness (QED) is 0.109. The van der Waals surface area contributed by atoms with Gasteiger partial charge >= 0.3 is 18.3 Å². The highest BCUT2D eigenvalue weighted by atomic mass is 28.4. The van der Waals surface area contributed by atoms with Gasteiger partial charge in [0.1, 0.15) is 6.54 Å². The first kappa shape index (κ1) is 31.9. The van der Waals surface area contributed by atoms with E-state index in [9.17, 15) is 0 Å². The fourth-order valence-electron chi connectivity index (χ4n) is 4.08. The molecule has 3 rings (SSSR count). The molecule has 1 aromatic carbocycles. The van der Waals surface area contributed by atoms with Crippen LogP contribution in [0.2, 0.25) is 25.7 Å². The first-order valence-electron chi connectivity index (χ1n) is 13.5. The molecule has 11 heteroatoms. The molecule has 0 saturated heterocycles. The van der Waals surface area contributed by atoms with Crippen LogP contribution in [0.5, 0.6) is 0 Å². The maximum absolute atomic E-state index is 9.17. The lowest BCUT2D eigenvalue weighted by atomic mass is 10.1. The molecule has 214 valence electrons. The lowest BCUT2D eigenvalue weighted by Crippen LogP contribution is -2.38. The standard InChI is InChI=1S/C29H42N2O6Si3/c1-39(2,3)29-23-27(8-6-25-10-16-30(17-11-25)14-4-20-37-38(32)33)22-28(24-29)9-7-26-12-18-31(19-13-26)15-5-21-40(34,35)36/h6-13,16-19,22-24,32-36,38H,4-5,14-15,20-21H2,1-3H3/q+2. The van der Waals surface area contributed by atoms with Gasteiger partial charge < -0.3 is 28.4 Å². The van der Waals surface area contributed by atoms with Gasteiger partial charge in [0.2, 0.25) is 0 Å². The molecule has 0 saturated carbocycles. The summed E-state index contributed by atoms with van der Waals surface area (Å²) in [6.07, 6.45) is 17.7. The van der Waals surface area contributed by atoms with Gasteiger partial charge in [-0.15, -0.1) is 0 Å². The highest BCUT2D eigenvalue weighted by Gasteiger charge is 2.26. The van der Waals surface area contributed by atoms with Gasteiger partial charge in [0.25, 0.3) is 0 Å². The zero-order valence-electron chi connectivity index (χ0n) is 23.5. The molecule has 3 aromatic rings. The third kappa shape index (κ3) is 11.9. The summed E-state index contributed by atoms with van der Waals surface area (Å²) >= 11 is 0. The first-order valence-corrected chi connectivity index (χ1v) is 20.6. The highest BCUT2D eigenvalue weighted by molar-refractivity contribution is 6.88. The van der Waals surface area contributed by atoms with Crippen LogP contribution in [0, 0.1) is 0 Å². The number of nitrogens with zero attached hydrogens (tertiary/aromatic N) is 2. The summed E-state index contributed by atoms with van der Waals surface area (Å²) < 4.78 is 8.91. The maximum Gasteiger partial charge on any atom is 0.492 e. The second kappa shape index (κ2) is 14.9. The minimum absolute atomic E-state index is 0.0333. The average Bonchev–Trinajstić information content (AvgIpc) is 2.89. The van der Waals surface area contributed by atoms with Crippen LogP contribution >= 0.6 is 0 Å². The van der Waals surface area contributed by atoms with Gasteiger partial charge in [-0.25, -0.2) is 9.13 Å². The molecule has 40 heavy (non-hydrogen) atoms. The van der Waals surface area contributed by atoms with Crippen LogP contribution in [0.15, 0.2) is 67.3 Å². The molecule has 0 radical (unpaired) electrons. The number of hydrogen-bond acceptors (Lipinski definition) is 6. The van der Waals surface area contributed by atoms with Gasteiger partial charge in [0, 0.05) is 49.8 Å². The molecule has 0 spiro atoms. The molecule has 0 amide bonds. The van der Waals surface area contributed by atoms with Gasteiger partial charge in [-0.2, -0.15) is 0 Å². The molecule has 0 bridgehead atoms. The molecule has 0 aliphatic carbocycles. The third-order valence-corrected chi connectivity index (χ3v) is 9.95. The summed E-state index contributed by atoms with van der Waals surface area (Å²) in [4.78, 5) is 45.3. The predicted molar refractivity (Wildman–Crippen MR) is 165 cm³/mol. The smallest absolute Gasteiger partial charge is 0.392 e. The van der Waals surface area contributed by atoms with Crippen molar-refractivity contribution in [1.82, 2.24) is 0 Å². The number of pyridine rings is 2. The molecule has 2 heterocycles. The van der Waals surface area contributed by atoms with Crippen molar-refractivity contribution in [3.63, 3.8) is 0 Å². The summed E-state index contributed by atoms with van der Waals surface area (Å²) in [5, 5.41) is 1.39. The van der Waals surface area contributed by atoms with Crippen molar-refractivity contribution < 1.29 is 37.5 Å². The Kier molecular flexibility index (Phi) is 11.9. The Morgan fingerprint density at radius 1 is 0.700 bits per heavy atom. The molecule has 2 aromatic heterocycles. The Labute approximate surface area is 240 Å². The van der Waals surface area contributed by atoms with E-state index in [1.807, 2.05) is 41.5 Å². The van der Waals surface area contributed by atoms with E-state index in [2.05, 4.69) is 78.8 Å². The molecule has 8 nitrogen and oxygen atoms in total. The van der Waals surface area contributed by atoms with Gasteiger partial charge in [-0.3, -0.25) is 0 Å². The lowest BCUT2D eigenvalue weighted by molar-refractivity contribution is -0.697. The van der Waals surface area contributed by atoms with Crippen molar-refractivity contribution >= 4 is 55.9 Å². The lowest BCUT2D eigenvalue weighted by Gasteiger charge is -2.18. The van der Waals surface area contributed by atoms with Crippen LogP contribution in [-0.2, 0) is 17.5 Å². The number of hydrogen-bond donors (Lipinski definition) is 5. The summed E-state index contributed by atoms with van der Waals surface area (Å²) in [6.45, 7) is 8.75. The van der Waals surface area contributed by atoms with Gasteiger partial charge in [-0.1, -0.05) is 61.3 Å². The van der Waals surface area contributed by atoms with E-state index in [-0.39, 0.29) is 6.04 Å². The van der Waals surface area contributed by atoms with Crippen LogP contribution in [0.4, 0.5) is 0 Å². The normalized spacial score (nSPS) is 12.7. The van der Waals surface area contributed by atoms with E-state index in [1.54, 1.807) is 0 Å². The Bertz CT molecular complexity index is 1270. The largest absolute Gasteiger partial charge is 0.492 e. The third-order valence-electron chi connectivity index (χ3n) is 6.37. The molecule has 0 aliphatic heterocycles. The van der Waals surface area contributed by atoms with Gasteiger partial charge in [-0.05, 0) is 28.3 Å². The van der Waals surface area contributed by atoms with Crippen LogP contribution < -0.4 is 14.3 Å². The molecular weight excluding hydrogens is 557 g/mol. The number of benzene rings is 1. The summed E-state index contributed by atoms with van der Waals surface area (Å²) in [5.74, 6) is 0. The Balaban J connectivity index is 1.68. The Morgan fingerprint density at radius 2 is 1.15 bits per heavy atom. The van der Waals surface area contributed by atoms with Gasteiger partial charge in [0.05, 0.1) is 8.07 Å². The van der Waals surface area contributed by atoms with Crippen molar-refractivity contribution in [2.24, 2.45) is 0 Å². The monoisotopic (exact) mass is 598 g/mol. The molecule has 0 unspecified atom stereocenters. The van der Waals surface area contributed by atoms with Crippen LogP contribution in [0.25, 0.3) is 24.3 Å². The second-order valence-electron chi connectivity index (χ2n) is 11.0. The molecular formula is C29H42N2O6Si3+2. The molecule has 0 fully saturated rings. The molecule has 5 N–H and O–H groups in total. The zero-order chi connectivity index (χ0) is 29.2. The van der Waals surface area contributed by atoms with Crippen molar-refractivity contribution in [2.75, 3.05) is 6.61 Å². The Hall–Kier alpha value is -2.59. The zero-order valence-corrected chi connectivity index (χ0v) is 26.7. The van der Waals surface area contributed by atoms with E-state index >= 15 is 0 Å². The van der Waals surface area contributed by atoms with E-state index < -0.39 is 26.4 Å². The van der Waals surface area contributed by atoms with Crippen LogP contribution in [-0.4, -0.2) is 57.0 Å². The summed E-state index contributed by atoms with van der Waals surface area (Å²) in [7, 11) is -8.45.